The predicted octanol–water partition coefficient (Wildman–Crippen LogP) is 4.20. The first-order chi connectivity index (χ1) is 17.7. The lowest BCUT2D eigenvalue weighted by atomic mass is 10.2. The van der Waals surface area contributed by atoms with Crippen LogP contribution in [0.1, 0.15) is 21.7 Å². The number of para-hydroxylation sites is 2. The maximum absolute atomic E-state index is 13.1. The second kappa shape index (κ2) is 9.55. The van der Waals surface area contributed by atoms with E-state index in [-0.39, 0.29) is 10.8 Å². The van der Waals surface area contributed by atoms with Crippen LogP contribution in [0.3, 0.4) is 0 Å². The minimum absolute atomic E-state index is 0.194. The van der Waals surface area contributed by atoms with Gasteiger partial charge in [-0.3, -0.25) is 18.5 Å². The minimum atomic E-state index is -3.70. The van der Waals surface area contributed by atoms with Crippen LogP contribution < -0.4 is 9.62 Å². The van der Waals surface area contributed by atoms with E-state index in [4.69, 9.17) is 0 Å². The molecule has 37 heavy (non-hydrogen) atoms. The zero-order valence-corrected chi connectivity index (χ0v) is 21.5. The summed E-state index contributed by atoms with van der Waals surface area (Å²) in [5.41, 5.74) is 3.34. The summed E-state index contributed by atoms with van der Waals surface area (Å²) in [4.78, 5) is 13.3. The van der Waals surface area contributed by atoms with E-state index >= 15 is 0 Å². The first-order valence-electron chi connectivity index (χ1n) is 11.6. The van der Waals surface area contributed by atoms with E-state index in [0.717, 1.165) is 22.2 Å². The van der Waals surface area contributed by atoms with Gasteiger partial charge < -0.3 is 5.32 Å². The average molecular weight is 515 g/mol. The molecule has 2 aromatic heterocycles. The molecular formula is C27H26N6O3S. The van der Waals surface area contributed by atoms with Crippen molar-refractivity contribution in [1.29, 1.82) is 0 Å². The van der Waals surface area contributed by atoms with Crippen LogP contribution in [0.5, 0.6) is 0 Å². The van der Waals surface area contributed by atoms with Crippen molar-refractivity contribution in [3.8, 4) is 0 Å². The van der Waals surface area contributed by atoms with Gasteiger partial charge >= 0.3 is 0 Å². The third kappa shape index (κ3) is 4.70. The lowest BCUT2D eigenvalue weighted by Gasteiger charge is -2.19. The summed E-state index contributed by atoms with van der Waals surface area (Å²) >= 11 is 0. The Kier molecular flexibility index (Phi) is 6.26. The Morgan fingerprint density at radius 3 is 2.30 bits per heavy atom. The summed E-state index contributed by atoms with van der Waals surface area (Å²) in [6.07, 6.45) is 0. The Morgan fingerprint density at radius 1 is 0.946 bits per heavy atom. The normalized spacial score (nSPS) is 11.5. The number of aryl methyl sites for hydroxylation is 2. The maximum atomic E-state index is 13.1. The number of amides is 1. The molecule has 9 nitrogen and oxygen atoms in total. The Balaban J connectivity index is 1.40. The number of nitrogens with one attached hydrogen (secondary N) is 1. The average Bonchev–Trinajstić information content (AvgIpc) is 3.43. The predicted molar refractivity (Wildman–Crippen MR) is 143 cm³/mol. The highest BCUT2D eigenvalue weighted by atomic mass is 32.2. The summed E-state index contributed by atoms with van der Waals surface area (Å²) in [5, 5.41) is 12.5. The third-order valence-corrected chi connectivity index (χ3v) is 7.95. The number of carbonyl (C=O) groups is 1. The van der Waals surface area contributed by atoms with Crippen LogP contribution in [0.25, 0.3) is 10.9 Å². The molecule has 0 aliphatic heterocycles. The Morgan fingerprint density at radius 2 is 1.62 bits per heavy atom. The Hall–Kier alpha value is -4.44. The van der Waals surface area contributed by atoms with Gasteiger partial charge in [0, 0.05) is 25.5 Å². The van der Waals surface area contributed by atoms with Gasteiger partial charge in [-0.25, -0.2) is 8.42 Å². The molecule has 0 fully saturated rings. The van der Waals surface area contributed by atoms with Crippen LogP contribution in [-0.4, -0.2) is 40.9 Å². The fraction of sp³-hybridized carbons (Fsp3) is 0.148. The van der Waals surface area contributed by atoms with E-state index in [1.807, 2.05) is 37.3 Å². The topological polar surface area (TPSA) is 102 Å². The van der Waals surface area contributed by atoms with Crippen LogP contribution in [0, 0.1) is 6.92 Å². The van der Waals surface area contributed by atoms with Crippen molar-refractivity contribution in [2.75, 3.05) is 16.7 Å². The fourth-order valence-corrected chi connectivity index (χ4v) is 5.39. The van der Waals surface area contributed by atoms with Crippen molar-refractivity contribution in [2.24, 2.45) is 7.05 Å². The number of nitrogens with zero attached hydrogens (tertiary/aromatic N) is 5. The second-order valence-electron chi connectivity index (χ2n) is 8.72. The first kappa shape index (κ1) is 24.3. The van der Waals surface area contributed by atoms with Gasteiger partial charge in [0.1, 0.15) is 5.82 Å². The molecule has 0 bridgehead atoms. The summed E-state index contributed by atoms with van der Waals surface area (Å²) in [6.45, 7) is 2.23. The second-order valence-corrected chi connectivity index (χ2v) is 10.7. The van der Waals surface area contributed by atoms with E-state index in [0.29, 0.717) is 23.7 Å². The molecule has 0 atom stereocenters. The highest BCUT2D eigenvalue weighted by molar-refractivity contribution is 7.92. The zero-order chi connectivity index (χ0) is 26.2. The molecule has 2 heterocycles. The van der Waals surface area contributed by atoms with Gasteiger partial charge in [-0.2, -0.15) is 10.2 Å². The zero-order valence-electron chi connectivity index (χ0n) is 20.7. The molecule has 0 aliphatic rings. The smallest absolute Gasteiger partial charge is 0.277 e. The minimum Gasteiger partial charge on any atom is -0.305 e. The summed E-state index contributed by atoms with van der Waals surface area (Å²) in [7, 11) is -0.404. The van der Waals surface area contributed by atoms with E-state index in [9.17, 15) is 13.2 Å². The number of benzene rings is 3. The Labute approximate surface area is 215 Å². The lowest BCUT2D eigenvalue weighted by Crippen LogP contribution is -2.26. The molecule has 0 aliphatic carbocycles. The Bertz CT molecular complexity index is 1690. The van der Waals surface area contributed by atoms with Crippen molar-refractivity contribution in [3.05, 3.63) is 102 Å². The molecule has 1 amide bonds. The van der Waals surface area contributed by atoms with Crippen molar-refractivity contribution in [1.82, 2.24) is 19.6 Å². The molecule has 188 valence electrons. The van der Waals surface area contributed by atoms with Crippen molar-refractivity contribution >= 4 is 38.3 Å². The highest BCUT2D eigenvalue weighted by Gasteiger charge is 2.22. The lowest BCUT2D eigenvalue weighted by molar-refractivity contribution is 0.102. The first-order valence-corrected chi connectivity index (χ1v) is 13.1. The highest BCUT2D eigenvalue weighted by Crippen LogP contribution is 2.24. The molecular weight excluding hydrogens is 488 g/mol. The molecule has 1 N–H and O–H groups in total. The molecule has 3 aromatic carbocycles. The standard InChI is InChI=1S/C27H26N6O3S/c1-19-17-25(31(2)29-19)28-27(34)26-23-11-7-8-12-24(23)33(30-26)18-20-13-15-22(16-14-20)37(35,36)32(3)21-9-5-4-6-10-21/h4-17H,18H2,1-3H3,(H,28,34). The number of carbonyl (C=O) groups excluding carboxylic acids is 1. The molecule has 5 aromatic rings. The van der Waals surface area contributed by atoms with Crippen LogP contribution in [0.15, 0.2) is 89.8 Å². The van der Waals surface area contributed by atoms with Crippen molar-refractivity contribution in [2.45, 2.75) is 18.4 Å². The van der Waals surface area contributed by atoms with Crippen LogP contribution in [-0.2, 0) is 23.6 Å². The number of hydrogen-bond acceptors (Lipinski definition) is 5. The molecule has 0 unspecified atom stereocenters. The largest absolute Gasteiger partial charge is 0.305 e. The van der Waals surface area contributed by atoms with Gasteiger partial charge in [0.15, 0.2) is 5.69 Å². The number of aromatic nitrogens is 4. The monoisotopic (exact) mass is 514 g/mol. The molecule has 0 saturated carbocycles. The number of fused-ring (bicyclic) bond motifs is 1. The molecule has 5 rings (SSSR count). The quantitative estimate of drug-likeness (QED) is 0.351. The van der Waals surface area contributed by atoms with Gasteiger partial charge in [-0.15, -0.1) is 0 Å². The summed E-state index contributed by atoms with van der Waals surface area (Å²) in [6, 6.07) is 25.0. The van der Waals surface area contributed by atoms with Gasteiger partial charge in [-0.05, 0) is 42.8 Å². The number of rotatable bonds is 7. The molecule has 0 spiro atoms. The van der Waals surface area contributed by atoms with Gasteiger partial charge in [-0.1, -0.05) is 48.5 Å². The van der Waals surface area contributed by atoms with Gasteiger partial charge in [0.2, 0.25) is 0 Å². The maximum Gasteiger partial charge on any atom is 0.277 e. The molecule has 0 saturated heterocycles. The third-order valence-electron chi connectivity index (χ3n) is 6.15. The van der Waals surface area contributed by atoms with E-state index in [2.05, 4.69) is 15.5 Å². The van der Waals surface area contributed by atoms with E-state index < -0.39 is 10.0 Å². The molecule has 0 radical (unpaired) electrons. The summed E-state index contributed by atoms with van der Waals surface area (Å²) < 4.78 is 30.8. The van der Waals surface area contributed by atoms with Gasteiger partial charge in [0.05, 0.1) is 28.3 Å². The van der Waals surface area contributed by atoms with Crippen LogP contribution in [0.2, 0.25) is 0 Å². The summed E-state index contributed by atoms with van der Waals surface area (Å²) in [5.74, 6) is 0.252. The van der Waals surface area contributed by atoms with Crippen molar-refractivity contribution in [3.63, 3.8) is 0 Å². The van der Waals surface area contributed by atoms with Crippen LogP contribution >= 0.6 is 0 Å². The SMILES string of the molecule is Cc1cc(NC(=O)c2nn(Cc3ccc(S(=O)(=O)N(C)c4ccccc4)cc3)c3ccccc23)n(C)n1. The van der Waals surface area contributed by atoms with Gasteiger partial charge in [0.25, 0.3) is 15.9 Å². The number of anilines is 2. The molecule has 10 heteroatoms. The van der Waals surface area contributed by atoms with E-state index in [1.54, 1.807) is 71.0 Å². The van der Waals surface area contributed by atoms with E-state index in [1.165, 1.54) is 11.4 Å². The fourth-order valence-electron chi connectivity index (χ4n) is 4.19. The number of sulfonamides is 1. The van der Waals surface area contributed by atoms with Crippen molar-refractivity contribution < 1.29 is 13.2 Å². The number of hydrogen-bond donors (Lipinski definition) is 1. The van der Waals surface area contributed by atoms with Crippen LogP contribution in [0.4, 0.5) is 11.5 Å².